The van der Waals surface area contributed by atoms with Crippen LogP contribution in [0.25, 0.3) is 28.2 Å². The highest BCUT2D eigenvalue weighted by atomic mass is 16.5. The average molecular weight is 491 g/mol. The van der Waals surface area contributed by atoms with Crippen LogP contribution in [-0.2, 0) is 4.74 Å². The molecular weight excluding hydrogens is 464 g/mol. The summed E-state index contributed by atoms with van der Waals surface area (Å²) in [6.07, 6.45) is 1.76. The van der Waals surface area contributed by atoms with E-state index in [9.17, 15) is 4.79 Å². The van der Waals surface area contributed by atoms with E-state index in [0.29, 0.717) is 28.4 Å². The monoisotopic (exact) mass is 490 g/mol. The number of hydrogen-bond acceptors (Lipinski definition) is 7. The van der Waals surface area contributed by atoms with Crippen LogP contribution in [0.2, 0.25) is 0 Å². The van der Waals surface area contributed by atoms with Crippen LogP contribution >= 0.6 is 0 Å². The second-order valence-electron chi connectivity index (χ2n) is 8.93. The summed E-state index contributed by atoms with van der Waals surface area (Å²) in [7, 11) is 0. The molecule has 6 rings (SSSR count). The van der Waals surface area contributed by atoms with Gasteiger partial charge in [-0.25, -0.2) is 15.0 Å². The van der Waals surface area contributed by atoms with Crippen LogP contribution < -0.4 is 10.2 Å². The van der Waals surface area contributed by atoms with Crippen molar-refractivity contribution >= 4 is 34.1 Å². The Morgan fingerprint density at radius 3 is 2.43 bits per heavy atom. The van der Waals surface area contributed by atoms with Crippen molar-refractivity contribution in [3.05, 3.63) is 90.8 Å². The first kappa shape index (κ1) is 22.9. The van der Waals surface area contributed by atoms with Crippen molar-refractivity contribution in [2.24, 2.45) is 0 Å². The van der Waals surface area contributed by atoms with E-state index in [1.807, 2.05) is 65.2 Å². The SMILES string of the molecule is CC(=O)c1cccc(-c2nc(Nc3ccc(N4CCOCC4)cc3)c3ncn(-c4ccccc4)c3n2)c1. The molecule has 0 amide bonds. The third kappa shape index (κ3) is 4.66. The Balaban J connectivity index is 1.42. The van der Waals surface area contributed by atoms with Gasteiger partial charge in [-0.15, -0.1) is 0 Å². The van der Waals surface area contributed by atoms with Gasteiger partial charge in [-0.3, -0.25) is 9.36 Å². The van der Waals surface area contributed by atoms with Crippen LogP contribution in [0, 0.1) is 0 Å². The molecule has 0 aliphatic carbocycles. The predicted molar refractivity (Wildman–Crippen MR) is 145 cm³/mol. The van der Waals surface area contributed by atoms with Gasteiger partial charge in [0, 0.05) is 41.3 Å². The van der Waals surface area contributed by atoms with E-state index in [0.717, 1.165) is 48.9 Å². The van der Waals surface area contributed by atoms with E-state index >= 15 is 0 Å². The van der Waals surface area contributed by atoms with Gasteiger partial charge in [0.1, 0.15) is 6.33 Å². The van der Waals surface area contributed by atoms with Gasteiger partial charge in [0.25, 0.3) is 0 Å². The van der Waals surface area contributed by atoms with Crippen molar-refractivity contribution in [3.63, 3.8) is 0 Å². The molecule has 2 aromatic heterocycles. The Labute approximate surface area is 214 Å². The van der Waals surface area contributed by atoms with E-state index < -0.39 is 0 Å². The number of aromatic nitrogens is 4. The number of morpholine rings is 1. The Morgan fingerprint density at radius 1 is 0.892 bits per heavy atom. The molecule has 8 heteroatoms. The van der Waals surface area contributed by atoms with Gasteiger partial charge in [0.15, 0.2) is 28.6 Å². The van der Waals surface area contributed by atoms with Crippen molar-refractivity contribution in [2.45, 2.75) is 6.92 Å². The van der Waals surface area contributed by atoms with Crippen LogP contribution in [0.15, 0.2) is 85.2 Å². The molecule has 3 heterocycles. The molecule has 1 N–H and O–H groups in total. The molecule has 0 atom stereocenters. The molecule has 1 aliphatic rings. The normalized spacial score (nSPS) is 13.6. The fraction of sp³-hybridized carbons (Fsp3) is 0.172. The minimum atomic E-state index is -0.00374. The Hall–Kier alpha value is -4.56. The number of nitrogens with zero attached hydrogens (tertiary/aromatic N) is 5. The summed E-state index contributed by atoms with van der Waals surface area (Å²) in [6, 6.07) is 25.6. The fourth-order valence-electron chi connectivity index (χ4n) is 4.48. The van der Waals surface area contributed by atoms with Crippen LogP contribution in [-0.4, -0.2) is 51.6 Å². The first-order chi connectivity index (χ1) is 18.2. The summed E-state index contributed by atoms with van der Waals surface area (Å²) >= 11 is 0. The first-order valence-electron chi connectivity index (χ1n) is 12.3. The Morgan fingerprint density at radius 2 is 1.68 bits per heavy atom. The number of anilines is 3. The minimum absolute atomic E-state index is 0.00374. The molecule has 8 nitrogen and oxygen atoms in total. The summed E-state index contributed by atoms with van der Waals surface area (Å²) in [6.45, 7) is 4.83. The van der Waals surface area contributed by atoms with Crippen molar-refractivity contribution < 1.29 is 9.53 Å². The van der Waals surface area contributed by atoms with E-state index in [4.69, 9.17) is 14.7 Å². The largest absolute Gasteiger partial charge is 0.378 e. The summed E-state index contributed by atoms with van der Waals surface area (Å²) in [5.74, 6) is 1.11. The van der Waals surface area contributed by atoms with E-state index in [1.165, 1.54) is 0 Å². The van der Waals surface area contributed by atoms with E-state index in [2.05, 4.69) is 27.3 Å². The highest BCUT2D eigenvalue weighted by Crippen LogP contribution is 2.29. The molecule has 184 valence electrons. The lowest BCUT2D eigenvalue weighted by Gasteiger charge is -2.28. The lowest BCUT2D eigenvalue weighted by Crippen LogP contribution is -2.36. The topological polar surface area (TPSA) is 85.2 Å². The van der Waals surface area contributed by atoms with Crippen LogP contribution in [0.3, 0.4) is 0 Å². The third-order valence-corrected chi connectivity index (χ3v) is 6.46. The number of rotatable bonds is 6. The zero-order valence-electron chi connectivity index (χ0n) is 20.5. The smallest absolute Gasteiger partial charge is 0.170 e. The number of imidazole rings is 1. The molecule has 0 unspecified atom stereocenters. The number of Topliss-reactive ketones (excluding diaryl/α,β-unsaturated/α-hetero) is 1. The van der Waals surface area contributed by atoms with Gasteiger partial charge in [-0.05, 0) is 49.4 Å². The van der Waals surface area contributed by atoms with Crippen LogP contribution in [0.4, 0.5) is 17.2 Å². The maximum atomic E-state index is 12.0. The molecule has 5 aromatic rings. The van der Waals surface area contributed by atoms with Gasteiger partial charge in [-0.2, -0.15) is 0 Å². The lowest BCUT2D eigenvalue weighted by atomic mass is 10.1. The summed E-state index contributed by atoms with van der Waals surface area (Å²) < 4.78 is 7.42. The maximum Gasteiger partial charge on any atom is 0.170 e. The van der Waals surface area contributed by atoms with Gasteiger partial charge in [0.2, 0.25) is 0 Å². The molecule has 1 saturated heterocycles. The molecule has 0 radical (unpaired) electrons. The molecule has 0 spiro atoms. The standard InChI is InChI=1S/C29H26N6O2/c1-20(36)21-6-5-7-22(18-21)27-32-28(26-29(33-27)35(19-30-26)25-8-3-2-4-9-25)31-23-10-12-24(13-11-23)34-14-16-37-17-15-34/h2-13,18-19H,14-17H2,1H3,(H,31,32,33). The molecule has 0 saturated carbocycles. The number of carbonyl (C=O) groups is 1. The fourth-order valence-corrected chi connectivity index (χ4v) is 4.48. The molecule has 3 aromatic carbocycles. The summed E-state index contributed by atoms with van der Waals surface area (Å²) in [4.78, 5) is 28.7. The zero-order valence-corrected chi connectivity index (χ0v) is 20.5. The highest BCUT2D eigenvalue weighted by molar-refractivity contribution is 5.95. The number of ether oxygens (including phenoxy) is 1. The number of nitrogens with one attached hydrogen (secondary N) is 1. The molecule has 1 fully saturated rings. The molecule has 37 heavy (non-hydrogen) atoms. The van der Waals surface area contributed by atoms with Gasteiger partial charge in [0.05, 0.1) is 13.2 Å². The predicted octanol–water partition coefficient (Wildman–Crippen LogP) is 5.27. The zero-order chi connectivity index (χ0) is 25.2. The van der Waals surface area contributed by atoms with Crippen molar-refractivity contribution in [3.8, 4) is 17.1 Å². The van der Waals surface area contributed by atoms with Gasteiger partial charge < -0.3 is 15.0 Å². The number of hydrogen-bond donors (Lipinski definition) is 1. The van der Waals surface area contributed by atoms with Gasteiger partial charge >= 0.3 is 0 Å². The van der Waals surface area contributed by atoms with Crippen molar-refractivity contribution in [1.29, 1.82) is 0 Å². The van der Waals surface area contributed by atoms with Crippen molar-refractivity contribution in [2.75, 3.05) is 36.5 Å². The summed E-state index contributed by atoms with van der Waals surface area (Å²) in [5, 5.41) is 3.45. The quantitative estimate of drug-likeness (QED) is 0.325. The third-order valence-electron chi connectivity index (χ3n) is 6.46. The number of ketones is 1. The van der Waals surface area contributed by atoms with Crippen LogP contribution in [0.1, 0.15) is 17.3 Å². The Kier molecular flexibility index (Phi) is 6.08. The summed E-state index contributed by atoms with van der Waals surface area (Å²) in [5.41, 5.74) is 5.73. The number of carbonyl (C=O) groups excluding carboxylic acids is 1. The van der Waals surface area contributed by atoms with Crippen LogP contribution in [0.5, 0.6) is 0 Å². The number of benzene rings is 3. The highest BCUT2D eigenvalue weighted by Gasteiger charge is 2.17. The van der Waals surface area contributed by atoms with E-state index in [1.54, 1.807) is 19.3 Å². The first-order valence-corrected chi connectivity index (χ1v) is 12.3. The second kappa shape index (κ2) is 9.83. The average Bonchev–Trinajstić information content (AvgIpc) is 3.39. The maximum absolute atomic E-state index is 12.0. The second-order valence-corrected chi connectivity index (χ2v) is 8.93. The minimum Gasteiger partial charge on any atom is -0.378 e. The number of fused-ring (bicyclic) bond motifs is 1. The Bertz CT molecular complexity index is 1560. The lowest BCUT2D eigenvalue weighted by molar-refractivity contribution is 0.101. The number of para-hydroxylation sites is 1. The van der Waals surface area contributed by atoms with Crippen molar-refractivity contribution in [1.82, 2.24) is 19.5 Å². The molecule has 0 bridgehead atoms. The molecule has 1 aliphatic heterocycles. The van der Waals surface area contributed by atoms with Gasteiger partial charge in [-0.1, -0.05) is 36.4 Å². The van der Waals surface area contributed by atoms with E-state index in [-0.39, 0.29) is 5.78 Å². The molecular formula is C29H26N6O2.